The van der Waals surface area contributed by atoms with E-state index in [9.17, 15) is 4.79 Å². The van der Waals surface area contributed by atoms with Gasteiger partial charge >= 0.3 is 5.97 Å². The fraction of sp³-hybridized carbons (Fsp3) is 0.562. The van der Waals surface area contributed by atoms with Gasteiger partial charge in [-0.1, -0.05) is 30.3 Å². The summed E-state index contributed by atoms with van der Waals surface area (Å²) < 4.78 is 10.6. The van der Waals surface area contributed by atoms with Crippen molar-refractivity contribution < 1.29 is 14.3 Å². The van der Waals surface area contributed by atoms with Gasteiger partial charge in [-0.2, -0.15) is 0 Å². The van der Waals surface area contributed by atoms with Gasteiger partial charge in [-0.25, -0.2) is 0 Å². The predicted octanol–water partition coefficient (Wildman–Crippen LogP) is 2.19. The second-order valence-corrected chi connectivity index (χ2v) is 5.22. The number of rotatable bonds is 5. The third-order valence-corrected chi connectivity index (χ3v) is 3.90. The monoisotopic (exact) mass is 277 g/mol. The minimum atomic E-state index is -0.336. The van der Waals surface area contributed by atoms with E-state index in [4.69, 9.17) is 9.47 Å². The summed E-state index contributed by atoms with van der Waals surface area (Å²) in [6.07, 6.45) is 0.366. The Morgan fingerprint density at radius 2 is 1.95 bits per heavy atom. The number of morpholine rings is 1. The van der Waals surface area contributed by atoms with E-state index in [1.165, 1.54) is 0 Å². The molecular formula is C16H23NO3. The number of ether oxygens (including phenoxy) is 2. The number of carbonyl (C=O) groups excluding carboxylic acids is 1. The predicted molar refractivity (Wildman–Crippen MR) is 77.4 cm³/mol. The van der Waals surface area contributed by atoms with Crippen molar-refractivity contribution in [3.63, 3.8) is 0 Å². The molecule has 0 amide bonds. The van der Waals surface area contributed by atoms with E-state index in [0.717, 1.165) is 18.7 Å². The Hall–Kier alpha value is -1.39. The van der Waals surface area contributed by atoms with Crippen molar-refractivity contribution in [2.24, 2.45) is 0 Å². The molecule has 1 heterocycles. The van der Waals surface area contributed by atoms with Crippen LogP contribution in [0.15, 0.2) is 30.3 Å². The molecular weight excluding hydrogens is 254 g/mol. The zero-order valence-corrected chi connectivity index (χ0v) is 12.3. The molecule has 4 nitrogen and oxygen atoms in total. The standard InChI is InChI=1S/C16H23NO3/c1-3-20-15(18)13-16(2,14-7-5-4-6-8-14)17-9-11-19-12-10-17/h4-8H,3,9-13H2,1-2H3. The van der Waals surface area contributed by atoms with Crippen LogP contribution >= 0.6 is 0 Å². The average Bonchev–Trinajstić information content (AvgIpc) is 2.49. The SMILES string of the molecule is CCOC(=O)CC(C)(c1ccccc1)N1CCOCC1. The lowest BCUT2D eigenvalue weighted by atomic mass is 9.86. The molecule has 110 valence electrons. The fourth-order valence-corrected chi connectivity index (χ4v) is 2.74. The highest BCUT2D eigenvalue weighted by atomic mass is 16.5. The summed E-state index contributed by atoms with van der Waals surface area (Å²) in [6.45, 7) is 7.48. The Bertz CT molecular complexity index is 429. The summed E-state index contributed by atoms with van der Waals surface area (Å²) in [5.74, 6) is -0.148. The summed E-state index contributed by atoms with van der Waals surface area (Å²) in [5, 5.41) is 0. The van der Waals surface area contributed by atoms with Crippen molar-refractivity contribution in [1.29, 1.82) is 0 Å². The fourth-order valence-electron chi connectivity index (χ4n) is 2.74. The van der Waals surface area contributed by atoms with Crippen molar-refractivity contribution in [3.05, 3.63) is 35.9 Å². The Morgan fingerprint density at radius 3 is 2.55 bits per heavy atom. The molecule has 0 aliphatic carbocycles. The van der Waals surface area contributed by atoms with Crippen LogP contribution in [0.1, 0.15) is 25.8 Å². The zero-order chi connectivity index (χ0) is 14.4. The van der Waals surface area contributed by atoms with Gasteiger partial charge in [0.25, 0.3) is 0 Å². The Morgan fingerprint density at radius 1 is 1.30 bits per heavy atom. The normalized spacial score (nSPS) is 19.3. The van der Waals surface area contributed by atoms with Gasteiger partial charge in [0.15, 0.2) is 0 Å². The molecule has 0 bridgehead atoms. The van der Waals surface area contributed by atoms with Crippen molar-refractivity contribution in [2.45, 2.75) is 25.8 Å². The van der Waals surface area contributed by atoms with Crippen LogP contribution in [0.4, 0.5) is 0 Å². The smallest absolute Gasteiger partial charge is 0.307 e. The van der Waals surface area contributed by atoms with Gasteiger partial charge in [0.05, 0.1) is 31.8 Å². The van der Waals surface area contributed by atoms with Crippen LogP contribution in [0.25, 0.3) is 0 Å². The second-order valence-electron chi connectivity index (χ2n) is 5.22. The van der Waals surface area contributed by atoms with E-state index in [1.807, 2.05) is 25.1 Å². The maximum atomic E-state index is 12.0. The van der Waals surface area contributed by atoms with E-state index in [-0.39, 0.29) is 11.5 Å². The van der Waals surface area contributed by atoms with Crippen LogP contribution in [-0.2, 0) is 19.8 Å². The highest BCUT2D eigenvalue weighted by molar-refractivity contribution is 5.71. The van der Waals surface area contributed by atoms with Gasteiger partial charge in [0, 0.05) is 13.1 Å². The summed E-state index contributed by atoms with van der Waals surface area (Å²) in [6, 6.07) is 10.2. The highest BCUT2D eigenvalue weighted by Gasteiger charge is 2.37. The molecule has 1 saturated heterocycles. The average molecular weight is 277 g/mol. The first-order valence-electron chi connectivity index (χ1n) is 7.21. The maximum Gasteiger partial charge on any atom is 0.307 e. The van der Waals surface area contributed by atoms with Gasteiger partial charge in [-0.15, -0.1) is 0 Å². The van der Waals surface area contributed by atoms with Crippen molar-refractivity contribution in [3.8, 4) is 0 Å². The van der Waals surface area contributed by atoms with Crippen LogP contribution in [0.2, 0.25) is 0 Å². The molecule has 0 radical (unpaired) electrons. The molecule has 4 heteroatoms. The number of benzene rings is 1. The van der Waals surface area contributed by atoms with Crippen LogP contribution in [0.5, 0.6) is 0 Å². The molecule has 2 rings (SSSR count). The summed E-state index contributed by atoms with van der Waals surface area (Å²) >= 11 is 0. The lowest BCUT2D eigenvalue weighted by Crippen LogP contribution is -2.50. The van der Waals surface area contributed by atoms with Crippen LogP contribution < -0.4 is 0 Å². The molecule has 1 fully saturated rings. The number of hydrogen-bond acceptors (Lipinski definition) is 4. The highest BCUT2D eigenvalue weighted by Crippen LogP contribution is 2.32. The first-order valence-corrected chi connectivity index (χ1v) is 7.21. The molecule has 0 spiro atoms. The Labute approximate surface area is 120 Å². The van der Waals surface area contributed by atoms with Crippen LogP contribution in [0.3, 0.4) is 0 Å². The van der Waals surface area contributed by atoms with Gasteiger partial charge in [-0.05, 0) is 19.4 Å². The molecule has 20 heavy (non-hydrogen) atoms. The number of hydrogen-bond donors (Lipinski definition) is 0. The van der Waals surface area contributed by atoms with Gasteiger partial charge in [0.1, 0.15) is 0 Å². The molecule has 0 N–H and O–H groups in total. The first-order chi connectivity index (χ1) is 9.66. The van der Waals surface area contributed by atoms with E-state index in [0.29, 0.717) is 26.2 Å². The summed E-state index contributed by atoms with van der Waals surface area (Å²) in [5.41, 5.74) is 0.812. The Kier molecular flexibility index (Phi) is 5.15. The third-order valence-electron chi connectivity index (χ3n) is 3.90. The molecule has 1 aliphatic rings. The minimum absolute atomic E-state index is 0.148. The largest absolute Gasteiger partial charge is 0.466 e. The summed E-state index contributed by atoms with van der Waals surface area (Å²) in [4.78, 5) is 14.3. The first kappa shape index (κ1) is 15.0. The van der Waals surface area contributed by atoms with Gasteiger partial charge in [-0.3, -0.25) is 9.69 Å². The van der Waals surface area contributed by atoms with E-state index < -0.39 is 0 Å². The molecule has 1 aromatic rings. The molecule has 1 aromatic carbocycles. The van der Waals surface area contributed by atoms with Crippen molar-refractivity contribution in [1.82, 2.24) is 4.90 Å². The molecule has 1 aliphatic heterocycles. The number of nitrogens with zero attached hydrogens (tertiary/aromatic N) is 1. The van der Waals surface area contributed by atoms with Crippen LogP contribution in [0, 0.1) is 0 Å². The lowest BCUT2D eigenvalue weighted by Gasteiger charge is -2.43. The van der Waals surface area contributed by atoms with Crippen molar-refractivity contribution in [2.75, 3.05) is 32.9 Å². The summed E-state index contributed by atoms with van der Waals surface area (Å²) in [7, 11) is 0. The number of esters is 1. The van der Waals surface area contributed by atoms with Gasteiger partial charge in [0.2, 0.25) is 0 Å². The minimum Gasteiger partial charge on any atom is -0.466 e. The van der Waals surface area contributed by atoms with Gasteiger partial charge < -0.3 is 9.47 Å². The van der Waals surface area contributed by atoms with E-state index >= 15 is 0 Å². The second kappa shape index (κ2) is 6.86. The quantitative estimate of drug-likeness (QED) is 0.773. The van der Waals surface area contributed by atoms with E-state index in [1.54, 1.807) is 0 Å². The molecule has 1 atom stereocenters. The maximum absolute atomic E-state index is 12.0. The topological polar surface area (TPSA) is 38.8 Å². The third kappa shape index (κ3) is 3.38. The Balaban J connectivity index is 2.24. The number of carbonyl (C=O) groups is 1. The van der Waals surface area contributed by atoms with E-state index in [2.05, 4.69) is 24.0 Å². The zero-order valence-electron chi connectivity index (χ0n) is 12.3. The molecule has 0 aromatic heterocycles. The molecule has 0 saturated carbocycles. The molecule has 1 unspecified atom stereocenters. The van der Waals surface area contributed by atoms with Crippen molar-refractivity contribution >= 4 is 5.97 Å². The lowest BCUT2D eigenvalue weighted by molar-refractivity contribution is -0.147. The van der Waals surface area contributed by atoms with Crippen LogP contribution in [-0.4, -0.2) is 43.8 Å².